The second-order valence-electron chi connectivity index (χ2n) is 9.88. The predicted molar refractivity (Wildman–Crippen MR) is 121 cm³/mol. The van der Waals surface area contributed by atoms with Gasteiger partial charge in [-0.25, -0.2) is 4.79 Å². The Bertz CT molecular complexity index is 555. The maximum Gasteiger partial charge on any atom is 0.329 e. The Morgan fingerprint density at radius 3 is 2.10 bits per heavy atom. The van der Waals surface area contributed by atoms with E-state index >= 15 is 0 Å². The Morgan fingerprint density at radius 2 is 1.55 bits per heavy atom. The van der Waals surface area contributed by atoms with Crippen LogP contribution in [0.25, 0.3) is 0 Å². The summed E-state index contributed by atoms with van der Waals surface area (Å²) in [5, 5.41) is 5.46. The highest BCUT2D eigenvalue weighted by atomic mass is 16.6. The van der Waals surface area contributed by atoms with Crippen LogP contribution in [-0.4, -0.2) is 54.2 Å². The lowest BCUT2D eigenvalue weighted by Gasteiger charge is -2.25. The van der Waals surface area contributed by atoms with Crippen LogP contribution in [0.3, 0.4) is 0 Å². The van der Waals surface area contributed by atoms with Crippen molar-refractivity contribution in [2.75, 3.05) is 13.2 Å². The summed E-state index contributed by atoms with van der Waals surface area (Å²) < 4.78 is 5.44. The van der Waals surface area contributed by atoms with E-state index in [2.05, 4.69) is 16.1 Å². The predicted octanol–water partition coefficient (Wildman–Crippen LogP) is 1.94. The van der Waals surface area contributed by atoms with Gasteiger partial charge < -0.3 is 25.9 Å². The molecule has 0 rings (SSSR count). The molecular formula is C22H44N4O5. The molecule has 9 heteroatoms. The maximum absolute atomic E-state index is 12.5. The van der Waals surface area contributed by atoms with Crippen molar-refractivity contribution in [3.63, 3.8) is 0 Å². The number of ether oxygens (including phenoxy) is 1. The van der Waals surface area contributed by atoms with Crippen LogP contribution in [0.15, 0.2) is 0 Å². The van der Waals surface area contributed by atoms with Crippen LogP contribution >= 0.6 is 0 Å². The van der Waals surface area contributed by atoms with Crippen molar-refractivity contribution in [3.8, 4) is 0 Å². The van der Waals surface area contributed by atoms with Gasteiger partial charge in [0.1, 0.15) is 11.6 Å². The number of hydrogen-bond acceptors (Lipinski definition) is 7. The minimum absolute atomic E-state index is 0.0949. The van der Waals surface area contributed by atoms with E-state index in [0.29, 0.717) is 38.8 Å². The second-order valence-corrected chi connectivity index (χ2v) is 9.88. The molecule has 0 spiro atoms. The highest BCUT2D eigenvalue weighted by molar-refractivity contribution is 5.87. The molecule has 2 unspecified atom stereocenters. The van der Waals surface area contributed by atoms with Crippen LogP contribution in [0.4, 0.5) is 0 Å². The minimum Gasteiger partial charge on any atom is -0.458 e. The van der Waals surface area contributed by atoms with E-state index in [0.717, 1.165) is 12.8 Å². The first-order chi connectivity index (χ1) is 14.2. The molecule has 0 fully saturated rings. The number of hydroxylamine groups is 1. The summed E-state index contributed by atoms with van der Waals surface area (Å²) in [7, 11) is 0. The second kappa shape index (κ2) is 14.4. The van der Waals surface area contributed by atoms with Crippen molar-refractivity contribution in [1.82, 2.24) is 16.1 Å². The monoisotopic (exact) mass is 444 g/mol. The quantitative estimate of drug-likeness (QED) is 0.183. The van der Waals surface area contributed by atoms with E-state index in [9.17, 15) is 14.4 Å². The molecule has 2 amide bonds. The maximum atomic E-state index is 12.5. The SMILES string of the molecule is CC(=O)NCCCCC(NC(=O)C(N)CCCCONC(C)(C)C)C(=O)OC(C)(C)C. The summed E-state index contributed by atoms with van der Waals surface area (Å²) in [6.45, 7) is 13.9. The molecule has 0 aromatic rings. The Morgan fingerprint density at radius 1 is 0.935 bits per heavy atom. The fourth-order valence-electron chi connectivity index (χ4n) is 2.58. The number of nitrogens with one attached hydrogen (secondary N) is 3. The third-order valence-electron chi connectivity index (χ3n) is 4.03. The molecule has 182 valence electrons. The van der Waals surface area contributed by atoms with Crippen molar-refractivity contribution in [2.24, 2.45) is 5.73 Å². The van der Waals surface area contributed by atoms with Crippen LogP contribution < -0.4 is 21.8 Å². The molecular weight excluding hydrogens is 400 g/mol. The Labute approximate surface area is 187 Å². The first kappa shape index (κ1) is 29.3. The molecule has 0 bridgehead atoms. The summed E-state index contributed by atoms with van der Waals surface area (Å²) in [4.78, 5) is 41.4. The van der Waals surface area contributed by atoms with Gasteiger partial charge >= 0.3 is 5.97 Å². The standard InChI is InChI=1S/C22H44N4O5/c1-16(27)24-14-10-8-13-18(20(29)31-22(5,6)7)25-19(28)17(23)12-9-11-15-30-26-21(2,3)4/h17-18,26H,8-15,23H2,1-7H3,(H,24,27)(H,25,28). The van der Waals surface area contributed by atoms with Crippen LogP contribution in [0.1, 0.15) is 87.0 Å². The third-order valence-corrected chi connectivity index (χ3v) is 4.03. The highest BCUT2D eigenvalue weighted by Crippen LogP contribution is 2.12. The number of carbonyl (C=O) groups excluding carboxylic acids is 3. The van der Waals surface area contributed by atoms with Crippen molar-refractivity contribution in [1.29, 1.82) is 0 Å². The molecule has 0 aromatic heterocycles. The molecule has 0 aliphatic carbocycles. The summed E-state index contributed by atoms with van der Waals surface area (Å²) in [6, 6.07) is -1.48. The lowest BCUT2D eigenvalue weighted by Crippen LogP contribution is -2.50. The third kappa shape index (κ3) is 17.6. The van der Waals surface area contributed by atoms with Crippen LogP contribution in [0.2, 0.25) is 0 Å². The van der Waals surface area contributed by atoms with Gasteiger partial charge in [-0.05, 0) is 80.1 Å². The summed E-state index contributed by atoms with van der Waals surface area (Å²) >= 11 is 0. The Balaban J connectivity index is 4.50. The topological polar surface area (TPSA) is 132 Å². The number of esters is 1. The average Bonchev–Trinajstić information content (AvgIpc) is 2.60. The van der Waals surface area contributed by atoms with E-state index in [1.54, 1.807) is 20.8 Å². The van der Waals surface area contributed by atoms with Crippen LogP contribution in [0, 0.1) is 0 Å². The van der Waals surface area contributed by atoms with Gasteiger partial charge in [-0.2, -0.15) is 5.48 Å². The summed E-state index contributed by atoms with van der Waals surface area (Å²) in [5.41, 5.74) is 8.19. The zero-order valence-corrected chi connectivity index (χ0v) is 20.4. The largest absolute Gasteiger partial charge is 0.458 e. The Hall–Kier alpha value is -1.71. The van der Waals surface area contributed by atoms with Gasteiger partial charge in [0.2, 0.25) is 11.8 Å². The molecule has 0 aliphatic heterocycles. The first-order valence-electron chi connectivity index (χ1n) is 11.1. The normalized spacial score (nSPS) is 13.9. The van der Waals surface area contributed by atoms with Gasteiger partial charge in [-0.3, -0.25) is 9.59 Å². The average molecular weight is 445 g/mol. The number of amides is 2. The zero-order chi connectivity index (χ0) is 24.1. The molecule has 0 heterocycles. The highest BCUT2D eigenvalue weighted by Gasteiger charge is 2.27. The lowest BCUT2D eigenvalue weighted by molar-refractivity contribution is -0.159. The number of hydrogen-bond donors (Lipinski definition) is 4. The van der Waals surface area contributed by atoms with Gasteiger partial charge in [-0.1, -0.05) is 0 Å². The minimum atomic E-state index is -0.769. The summed E-state index contributed by atoms with van der Waals surface area (Å²) in [6.07, 6.45) is 3.76. The molecule has 9 nitrogen and oxygen atoms in total. The molecule has 0 aliphatic rings. The van der Waals surface area contributed by atoms with Crippen molar-refractivity contribution < 1.29 is 24.0 Å². The molecule has 0 saturated carbocycles. The van der Waals surface area contributed by atoms with E-state index in [-0.39, 0.29) is 17.4 Å². The smallest absolute Gasteiger partial charge is 0.329 e. The van der Waals surface area contributed by atoms with E-state index in [1.807, 2.05) is 20.8 Å². The first-order valence-corrected chi connectivity index (χ1v) is 11.1. The summed E-state index contributed by atoms with van der Waals surface area (Å²) in [5.74, 6) is -0.941. The van der Waals surface area contributed by atoms with Gasteiger partial charge in [0.25, 0.3) is 0 Å². The Kier molecular flexibility index (Phi) is 13.6. The van der Waals surface area contributed by atoms with Crippen molar-refractivity contribution in [3.05, 3.63) is 0 Å². The van der Waals surface area contributed by atoms with Gasteiger partial charge in [0, 0.05) is 19.0 Å². The van der Waals surface area contributed by atoms with E-state index < -0.39 is 23.7 Å². The molecule has 0 radical (unpaired) electrons. The van der Waals surface area contributed by atoms with Crippen molar-refractivity contribution >= 4 is 17.8 Å². The number of unbranched alkanes of at least 4 members (excludes halogenated alkanes) is 2. The van der Waals surface area contributed by atoms with Gasteiger partial charge in [-0.15, -0.1) is 0 Å². The molecule has 31 heavy (non-hydrogen) atoms. The zero-order valence-electron chi connectivity index (χ0n) is 20.4. The number of carbonyl (C=O) groups is 3. The van der Waals surface area contributed by atoms with Crippen LogP contribution in [0.5, 0.6) is 0 Å². The molecule has 0 saturated heterocycles. The fourth-order valence-corrected chi connectivity index (χ4v) is 2.58. The number of rotatable bonds is 14. The fraction of sp³-hybridized carbons (Fsp3) is 0.864. The van der Waals surface area contributed by atoms with E-state index in [1.165, 1.54) is 6.92 Å². The van der Waals surface area contributed by atoms with E-state index in [4.69, 9.17) is 15.3 Å². The van der Waals surface area contributed by atoms with Gasteiger partial charge in [0.05, 0.1) is 12.6 Å². The van der Waals surface area contributed by atoms with Crippen LogP contribution in [-0.2, 0) is 24.0 Å². The molecule has 0 aromatic carbocycles. The molecule has 5 N–H and O–H groups in total. The molecule has 2 atom stereocenters. The van der Waals surface area contributed by atoms with Crippen molar-refractivity contribution in [2.45, 2.75) is 110 Å². The lowest BCUT2D eigenvalue weighted by atomic mass is 10.1. The van der Waals surface area contributed by atoms with Gasteiger partial charge in [0.15, 0.2) is 0 Å². The number of nitrogens with two attached hydrogens (primary N) is 1.